The van der Waals surface area contributed by atoms with Crippen LogP contribution in [0.3, 0.4) is 0 Å². The smallest absolute Gasteiger partial charge is 0.282 e. The molecule has 1 fully saturated rings. The zero-order chi connectivity index (χ0) is 14.9. The Morgan fingerprint density at radius 1 is 1.14 bits per heavy atom. The summed E-state index contributed by atoms with van der Waals surface area (Å²) < 4.78 is 28.9. The van der Waals surface area contributed by atoms with Gasteiger partial charge >= 0.3 is 0 Å². The molecule has 3 rings (SSSR count). The van der Waals surface area contributed by atoms with Crippen molar-refractivity contribution in [3.8, 4) is 0 Å². The maximum atomic E-state index is 12.8. The van der Waals surface area contributed by atoms with Crippen LogP contribution < -0.4 is 5.73 Å². The lowest BCUT2D eigenvalue weighted by Gasteiger charge is -2.37. The number of hydrogen-bond donors (Lipinski definition) is 1. The summed E-state index contributed by atoms with van der Waals surface area (Å²) in [5, 5.41) is 0. The summed E-state index contributed by atoms with van der Waals surface area (Å²) in [4.78, 5) is 0. The molecule has 1 saturated heterocycles. The lowest BCUT2D eigenvalue weighted by molar-refractivity contribution is 0.246. The first-order valence-electron chi connectivity index (χ1n) is 7.63. The molecule has 2 N–H and O–H groups in total. The van der Waals surface area contributed by atoms with E-state index in [1.807, 2.05) is 18.2 Å². The Kier molecular flexibility index (Phi) is 5.85. The molecule has 22 heavy (non-hydrogen) atoms. The molecule has 0 bridgehead atoms. The first kappa shape index (κ1) is 17.7. The molecule has 2 heterocycles. The third kappa shape index (κ3) is 3.46. The topological polar surface area (TPSA) is 66.6 Å². The Morgan fingerprint density at radius 2 is 1.86 bits per heavy atom. The van der Waals surface area contributed by atoms with Gasteiger partial charge in [0.1, 0.15) is 0 Å². The minimum Gasteiger partial charge on any atom is -0.330 e. The van der Waals surface area contributed by atoms with Crippen molar-refractivity contribution >= 4 is 22.6 Å². The first-order valence-corrected chi connectivity index (χ1v) is 9.03. The van der Waals surface area contributed by atoms with Crippen LogP contribution >= 0.6 is 12.4 Å². The lowest BCUT2D eigenvalue weighted by Crippen LogP contribution is -2.50. The van der Waals surface area contributed by atoms with E-state index in [1.165, 1.54) is 5.56 Å². The van der Waals surface area contributed by atoms with Gasteiger partial charge in [0.25, 0.3) is 10.2 Å². The van der Waals surface area contributed by atoms with E-state index in [1.54, 1.807) is 8.61 Å². The Hall–Kier alpha value is -0.660. The van der Waals surface area contributed by atoms with Crippen molar-refractivity contribution < 1.29 is 8.42 Å². The summed E-state index contributed by atoms with van der Waals surface area (Å²) in [6.07, 6.45) is 2.74. The van der Waals surface area contributed by atoms with Gasteiger partial charge in [0.15, 0.2) is 0 Å². The van der Waals surface area contributed by atoms with Gasteiger partial charge in [-0.2, -0.15) is 17.0 Å². The van der Waals surface area contributed by atoms with Gasteiger partial charge in [-0.25, -0.2) is 0 Å². The molecule has 2 aliphatic rings. The zero-order valence-corrected chi connectivity index (χ0v) is 14.3. The largest absolute Gasteiger partial charge is 0.330 e. The summed E-state index contributed by atoms with van der Waals surface area (Å²) in [6.45, 7) is 2.81. The van der Waals surface area contributed by atoms with Crippen molar-refractivity contribution in [2.75, 3.05) is 26.2 Å². The van der Waals surface area contributed by atoms with E-state index in [2.05, 4.69) is 6.07 Å². The molecule has 1 atom stereocenters. The Labute approximate surface area is 139 Å². The molecule has 0 aromatic heterocycles. The number of benzene rings is 1. The van der Waals surface area contributed by atoms with E-state index >= 15 is 0 Å². The number of halogens is 1. The molecule has 0 amide bonds. The predicted octanol–water partition coefficient (Wildman–Crippen LogP) is 1.38. The van der Waals surface area contributed by atoms with Crippen LogP contribution in [-0.4, -0.2) is 43.2 Å². The van der Waals surface area contributed by atoms with Crippen molar-refractivity contribution in [1.82, 2.24) is 8.61 Å². The van der Waals surface area contributed by atoms with Crippen LogP contribution in [0.15, 0.2) is 24.3 Å². The second-order valence-corrected chi connectivity index (χ2v) is 7.89. The fourth-order valence-electron chi connectivity index (χ4n) is 3.26. The quantitative estimate of drug-likeness (QED) is 0.900. The maximum absolute atomic E-state index is 12.8. The normalized spacial score (nSPS) is 23.6. The maximum Gasteiger partial charge on any atom is 0.282 e. The Bertz CT molecular complexity index is 609. The lowest BCUT2D eigenvalue weighted by atomic mass is 10.0. The SMILES string of the molecule is Cl.NCC1CCCN(S(=O)(=O)N2CCc3ccccc3C2)C1. The summed E-state index contributed by atoms with van der Waals surface area (Å²) >= 11 is 0. The molecular formula is C15H24ClN3O2S. The number of rotatable bonds is 3. The monoisotopic (exact) mass is 345 g/mol. The van der Waals surface area contributed by atoms with Gasteiger partial charge in [-0.15, -0.1) is 12.4 Å². The number of nitrogens with two attached hydrogens (primary N) is 1. The van der Waals surface area contributed by atoms with Gasteiger partial charge < -0.3 is 5.73 Å². The molecule has 0 saturated carbocycles. The summed E-state index contributed by atoms with van der Waals surface area (Å²) in [5.74, 6) is 0.297. The molecule has 7 heteroatoms. The number of hydrogen-bond acceptors (Lipinski definition) is 3. The van der Waals surface area contributed by atoms with Gasteiger partial charge in [0.05, 0.1) is 0 Å². The third-order valence-corrected chi connectivity index (χ3v) is 6.51. The van der Waals surface area contributed by atoms with Crippen molar-refractivity contribution in [3.05, 3.63) is 35.4 Å². The summed E-state index contributed by atoms with van der Waals surface area (Å²) in [7, 11) is -3.36. The van der Waals surface area contributed by atoms with Crippen molar-refractivity contribution in [1.29, 1.82) is 0 Å². The zero-order valence-electron chi connectivity index (χ0n) is 12.6. The second kappa shape index (κ2) is 7.27. The van der Waals surface area contributed by atoms with Crippen LogP contribution in [0.5, 0.6) is 0 Å². The highest BCUT2D eigenvalue weighted by molar-refractivity contribution is 7.86. The summed E-state index contributed by atoms with van der Waals surface area (Å²) in [6, 6.07) is 8.10. The third-order valence-electron chi connectivity index (χ3n) is 4.56. The van der Waals surface area contributed by atoms with E-state index in [0.717, 1.165) is 24.8 Å². The fourth-order valence-corrected chi connectivity index (χ4v) is 4.97. The molecule has 0 aliphatic carbocycles. The average Bonchev–Trinajstić information content (AvgIpc) is 2.54. The van der Waals surface area contributed by atoms with Crippen LogP contribution in [-0.2, 0) is 23.2 Å². The van der Waals surface area contributed by atoms with Gasteiger partial charge in [-0.3, -0.25) is 0 Å². The minimum atomic E-state index is -3.36. The predicted molar refractivity (Wildman–Crippen MR) is 90.1 cm³/mol. The molecule has 1 aromatic rings. The highest BCUT2D eigenvalue weighted by Crippen LogP contribution is 2.25. The van der Waals surface area contributed by atoms with Crippen molar-refractivity contribution in [2.45, 2.75) is 25.8 Å². The molecule has 124 valence electrons. The summed E-state index contributed by atoms with van der Waals surface area (Å²) in [5.41, 5.74) is 8.11. The first-order chi connectivity index (χ1) is 10.1. The van der Waals surface area contributed by atoms with Crippen LogP contribution in [0.1, 0.15) is 24.0 Å². The minimum absolute atomic E-state index is 0. The molecule has 2 aliphatic heterocycles. The van der Waals surface area contributed by atoms with Gasteiger partial charge in [0.2, 0.25) is 0 Å². The fraction of sp³-hybridized carbons (Fsp3) is 0.600. The van der Waals surface area contributed by atoms with Gasteiger partial charge in [0, 0.05) is 26.2 Å². The standard InChI is InChI=1S/C15H23N3O2S.ClH/c16-10-13-4-3-8-17(11-13)21(19,20)18-9-7-14-5-1-2-6-15(14)12-18;/h1-2,5-6,13H,3-4,7-12,16H2;1H. The number of piperidine rings is 1. The van der Waals surface area contributed by atoms with Gasteiger partial charge in [-0.1, -0.05) is 24.3 Å². The van der Waals surface area contributed by atoms with Crippen LogP contribution in [0.4, 0.5) is 0 Å². The second-order valence-electron chi connectivity index (χ2n) is 5.96. The van der Waals surface area contributed by atoms with E-state index in [9.17, 15) is 8.42 Å². The van der Waals surface area contributed by atoms with E-state index < -0.39 is 10.2 Å². The Balaban J connectivity index is 0.00000176. The average molecular weight is 346 g/mol. The number of nitrogens with zero attached hydrogens (tertiary/aromatic N) is 2. The van der Waals surface area contributed by atoms with Crippen LogP contribution in [0.25, 0.3) is 0 Å². The molecule has 1 aromatic carbocycles. The molecular weight excluding hydrogens is 322 g/mol. The Morgan fingerprint density at radius 3 is 2.59 bits per heavy atom. The van der Waals surface area contributed by atoms with E-state index in [-0.39, 0.29) is 12.4 Å². The molecule has 1 unspecified atom stereocenters. The highest BCUT2D eigenvalue weighted by atomic mass is 35.5. The molecule has 0 spiro atoms. The van der Waals surface area contributed by atoms with E-state index in [4.69, 9.17) is 5.73 Å². The van der Waals surface area contributed by atoms with Crippen molar-refractivity contribution in [2.24, 2.45) is 11.7 Å². The number of fused-ring (bicyclic) bond motifs is 1. The van der Waals surface area contributed by atoms with Crippen LogP contribution in [0.2, 0.25) is 0 Å². The molecule has 5 nitrogen and oxygen atoms in total. The molecule has 0 radical (unpaired) electrons. The van der Waals surface area contributed by atoms with Crippen LogP contribution in [0, 0.1) is 5.92 Å². The van der Waals surface area contributed by atoms with Crippen molar-refractivity contribution in [3.63, 3.8) is 0 Å². The highest BCUT2D eigenvalue weighted by Gasteiger charge is 2.34. The van der Waals surface area contributed by atoms with E-state index in [0.29, 0.717) is 38.6 Å². The van der Waals surface area contributed by atoms with Gasteiger partial charge in [-0.05, 0) is 42.9 Å².